The van der Waals surface area contributed by atoms with E-state index in [9.17, 15) is 9.18 Å². The minimum Gasteiger partial charge on any atom is -0.320 e. The highest BCUT2D eigenvalue weighted by atomic mass is 79.9. The summed E-state index contributed by atoms with van der Waals surface area (Å²) in [7, 11) is 0. The number of nitrogens with one attached hydrogen (secondary N) is 1. The molecule has 1 aromatic carbocycles. The molecule has 3 rings (SSSR count). The fraction of sp³-hybridized carbons (Fsp3) is 0. The first-order valence-electron chi connectivity index (χ1n) is 6.11. The SMILES string of the molecule is O=C(Nc1cccc2cc(Br)cnc12)c1cccnc1F. The molecular formula is C15H9BrFN3O. The third-order valence-electron chi connectivity index (χ3n) is 2.93. The van der Waals surface area contributed by atoms with E-state index in [1.54, 1.807) is 18.3 Å². The molecule has 6 heteroatoms. The zero-order valence-corrected chi connectivity index (χ0v) is 12.3. The summed E-state index contributed by atoms with van der Waals surface area (Å²) in [5, 5.41) is 3.53. The van der Waals surface area contributed by atoms with Crippen molar-refractivity contribution in [3.63, 3.8) is 0 Å². The molecule has 21 heavy (non-hydrogen) atoms. The molecule has 0 aliphatic rings. The Morgan fingerprint density at radius 1 is 1.19 bits per heavy atom. The number of benzene rings is 1. The molecule has 0 bridgehead atoms. The van der Waals surface area contributed by atoms with Gasteiger partial charge in [0.15, 0.2) is 0 Å². The lowest BCUT2D eigenvalue weighted by molar-refractivity contribution is 0.102. The molecule has 2 heterocycles. The highest BCUT2D eigenvalue weighted by molar-refractivity contribution is 9.10. The van der Waals surface area contributed by atoms with Crippen LogP contribution >= 0.6 is 15.9 Å². The van der Waals surface area contributed by atoms with E-state index >= 15 is 0 Å². The van der Waals surface area contributed by atoms with Gasteiger partial charge >= 0.3 is 0 Å². The molecule has 0 aliphatic heterocycles. The summed E-state index contributed by atoms with van der Waals surface area (Å²) < 4.78 is 14.4. The molecule has 4 nitrogen and oxygen atoms in total. The van der Waals surface area contributed by atoms with Gasteiger partial charge in [-0.05, 0) is 40.2 Å². The number of hydrogen-bond donors (Lipinski definition) is 1. The zero-order valence-electron chi connectivity index (χ0n) is 10.7. The van der Waals surface area contributed by atoms with Gasteiger partial charge in [-0.15, -0.1) is 0 Å². The van der Waals surface area contributed by atoms with Crippen molar-refractivity contribution in [2.75, 3.05) is 5.32 Å². The van der Waals surface area contributed by atoms with Gasteiger partial charge in [0.25, 0.3) is 5.91 Å². The Morgan fingerprint density at radius 3 is 2.86 bits per heavy atom. The van der Waals surface area contributed by atoms with E-state index in [1.807, 2.05) is 12.1 Å². The van der Waals surface area contributed by atoms with E-state index in [2.05, 4.69) is 31.2 Å². The Balaban J connectivity index is 1.99. The number of carbonyl (C=O) groups is 1. The van der Waals surface area contributed by atoms with Crippen LogP contribution < -0.4 is 5.32 Å². The number of fused-ring (bicyclic) bond motifs is 1. The maximum Gasteiger partial charge on any atom is 0.260 e. The Labute approximate surface area is 128 Å². The summed E-state index contributed by atoms with van der Waals surface area (Å²) >= 11 is 3.35. The van der Waals surface area contributed by atoms with Gasteiger partial charge in [-0.1, -0.05) is 12.1 Å². The molecule has 0 atom stereocenters. The molecule has 0 aliphatic carbocycles. The number of nitrogens with zero attached hydrogens (tertiary/aromatic N) is 2. The molecule has 1 amide bonds. The van der Waals surface area contributed by atoms with Crippen molar-refractivity contribution >= 4 is 38.4 Å². The lowest BCUT2D eigenvalue weighted by Crippen LogP contribution is -2.14. The van der Waals surface area contributed by atoms with Crippen molar-refractivity contribution in [3.8, 4) is 0 Å². The summed E-state index contributed by atoms with van der Waals surface area (Å²) in [6, 6.07) is 10.2. The summed E-state index contributed by atoms with van der Waals surface area (Å²) in [6.07, 6.45) is 2.94. The molecule has 0 fully saturated rings. The number of pyridine rings is 2. The number of carbonyl (C=O) groups excluding carboxylic acids is 1. The van der Waals surface area contributed by atoms with Crippen molar-refractivity contribution in [1.29, 1.82) is 0 Å². The minimum atomic E-state index is -0.800. The van der Waals surface area contributed by atoms with Crippen LogP contribution in [0.2, 0.25) is 0 Å². The van der Waals surface area contributed by atoms with Crippen LogP contribution in [0, 0.1) is 5.95 Å². The summed E-state index contributed by atoms with van der Waals surface area (Å²) in [6.45, 7) is 0. The van der Waals surface area contributed by atoms with E-state index in [0.717, 1.165) is 9.86 Å². The topological polar surface area (TPSA) is 54.9 Å². The van der Waals surface area contributed by atoms with Crippen molar-refractivity contribution in [3.05, 3.63) is 64.8 Å². The first kappa shape index (κ1) is 13.6. The average Bonchev–Trinajstić information content (AvgIpc) is 2.47. The smallest absolute Gasteiger partial charge is 0.260 e. The van der Waals surface area contributed by atoms with Crippen molar-refractivity contribution < 1.29 is 9.18 Å². The van der Waals surface area contributed by atoms with E-state index in [-0.39, 0.29) is 5.56 Å². The number of para-hydroxylation sites is 1. The fourth-order valence-electron chi connectivity index (χ4n) is 1.98. The molecule has 1 N–H and O–H groups in total. The van der Waals surface area contributed by atoms with Crippen LogP contribution in [0.4, 0.5) is 10.1 Å². The lowest BCUT2D eigenvalue weighted by Gasteiger charge is -2.08. The molecule has 0 saturated heterocycles. The van der Waals surface area contributed by atoms with Gasteiger partial charge < -0.3 is 5.32 Å². The van der Waals surface area contributed by atoms with Crippen molar-refractivity contribution in [2.24, 2.45) is 0 Å². The van der Waals surface area contributed by atoms with E-state index in [4.69, 9.17) is 0 Å². The van der Waals surface area contributed by atoms with Crippen LogP contribution in [0.15, 0.2) is 53.3 Å². The Morgan fingerprint density at radius 2 is 2.05 bits per heavy atom. The number of aromatic nitrogens is 2. The highest BCUT2D eigenvalue weighted by Gasteiger charge is 2.13. The van der Waals surface area contributed by atoms with Crippen molar-refractivity contribution in [2.45, 2.75) is 0 Å². The van der Waals surface area contributed by atoms with Gasteiger partial charge in [0.1, 0.15) is 0 Å². The minimum absolute atomic E-state index is 0.105. The second-order valence-corrected chi connectivity index (χ2v) is 5.24. The highest BCUT2D eigenvalue weighted by Crippen LogP contribution is 2.24. The fourth-order valence-corrected chi connectivity index (χ4v) is 2.33. The summed E-state index contributed by atoms with van der Waals surface area (Å²) in [5.41, 5.74) is 1.05. The third-order valence-corrected chi connectivity index (χ3v) is 3.36. The van der Waals surface area contributed by atoms with E-state index < -0.39 is 11.9 Å². The van der Waals surface area contributed by atoms with Gasteiger partial charge in [-0.3, -0.25) is 9.78 Å². The molecular weight excluding hydrogens is 337 g/mol. The molecule has 0 unspecified atom stereocenters. The zero-order chi connectivity index (χ0) is 14.8. The normalized spacial score (nSPS) is 10.6. The third kappa shape index (κ3) is 2.75. The van der Waals surface area contributed by atoms with Gasteiger partial charge in [0, 0.05) is 22.3 Å². The van der Waals surface area contributed by atoms with Gasteiger partial charge in [-0.2, -0.15) is 4.39 Å². The number of halogens is 2. The quantitative estimate of drug-likeness (QED) is 0.719. The second kappa shape index (κ2) is 5.57. The largest absolute Gasteiger partial charge is 0.320 e. The molecule has 0 saturated carbocycles. The Hall–Kier alpha value is -2.34. The number of anilines is 1. The Bertz CT molecular complexity index is 838. The van der Waals surface area contributed by atoms with Crippen LogP contribution in [-0.4, -0.2) is 15.9 Å². The second-order valence-electron chi connectivity index (χ2n) is 4.33. The number of hydrogen-bond acceptors (Lipinski definition) is 3. The van der Waals surface area contributed by atoms with Crippen LogP contribution in [-0.2, 0) is 0 Å². The van der Waals surface area contributed by atoms with Gasteiger partial charge in [0.05, 0.1) is 16.8 Å². The maximum absolute atomic E-state index is 13.5. The summed E-state index contributed by atoms with van der Waals surface area (Å²) in [4.78, 5) is 19.9. The van der Waals surface area contributed by atoms with Crippen molar-refractivity contribution in [1.82, 2.24) is 9.97 Å². The standard InChI is InChI=1S/C15H9BrFN3O/c16-10-7-9-3-1-5-12(13(9)19-8-10)20-15(21)11-4-2-6-18-14(11)17/h1-8H,(H,20,21). The molecule has 0 spiro atoms. The van der Waals surface area contributed by atoms with Gasteiger partial charge in [-0.25, -0.2) is 4.98 Å². The average molecular weight is 346 g/mol. The molecule has 0 radical (unpaired) electrons. The number of rotatable bonds is 2. The van der Waals surface area contributed by atoms with Crippen LogP contribution in [0.1, 0.15) is 10.4 Å². The molecule has 3 aromatic rings. The lowest BCUT2D eigenvalue weighted by atomic mass is 10.2. The Kier molecular flexibility index (Phi) is 3.62. The molecule has 2 aromatic heterocycles. The monoisotopic (exact) mass is 345 g/mol. The van der Waals surface area contributed by atoms with E-state index in [0.29, 0.717) is 11.2 Å². The number of amides is 1. The van der Waals surface area contributed by atoms with Crippen LogP contribution in [0.5, 0.6) is 0 Å². The summed E-state index contributed by atoms with van der Waals surface area (Å²) in [5.74, 6) is -1.36. The van der Waals surface area contributed by atoms with Gasteiger partial charge in [0.2, 0.25) is 5.95 Å². The molecule has 104 valence electrons. The first-order chi connectivity index (χ1) is 10.1. The first-order valence-corrected chi connectivity index (χ1v) is 6.90. The predicted molar refractivity (Wildman–Crippen MR) is 81.6 cm³/mol. The predicted octanol–water partition coefficient (Wildman–Crippen LogP) is 3.78. The maximum atomic E-state index is 13.5. The van der Waals surface area contributed by atoms with E-state index in [1.165, 1.54) is 18.3 Å². The van der Waals surface area contributed by atoms with Crippen LogP contribution in [0.25, 0.3) is 10.9 Å². The van der Waals surface area contributed by atoms with Crippen LogP contribution in [0.3, 0.4) is 0 Å².